The highest BCUT2D eigenvalue weighted by Gasteiger charge is 2.43. The normalized spacial score (nSPS) is 16.3. The second kappa shape index (κ2) is 9.03. The molecule has 7 nitrogen and oxygen atoms in total. The molecule has 176 valence electrons. The number of rotatable bonds is 4. The topological polar surface area (TPSA) is 85.4 Å². The maximum absolute atomic E-state index is 13.2. The van der Waals surface area contributed by atoms with Crippen LogP contribution in [0.15, 0.2) is 83.2 Å². The number of aromatic nitrogens is 2. The molecule has 1 spiro atoms. The van der Waals surface area contributed by atoms with Gasteiger partial charge in [0.05, 0.1) is 21.8 Å². The molecule has 3 N–H and O–H groups in total. The number of para-hydroxylation sites is 2. The van der Waals surface area contributed by atoms with Gasteiger partial charge in [0.25, 0.3) is 5.91 Å². The second-order valence-electron chi connectivity index (χ2n) is 8.96. The maximum Gasteiger partial charge on any atom is 0.271 e. The van der Waals surface area contributed by atoms with E-state index in [2.05, 4.69) is 39.0 Å². The molecule has 6 rings (SSSR count). The summed E-state index contributed by atoms with van der Waals surface area (Å²) in [7, 11) is 0. The van der Waals surface area contributed by atoms with Gasteiger partial charge in [-0.2, -0.15) is 5.10 Å². The maximum atomic E-state index is 13.2. The van der Waals surface area contributed by atoms with Crippen LogP contribution in [0.3, 0.4) is 0 Å². The minimum absolute atomic E-state index is 0.0119. The molecule has 4 heterocycles. The molecule has 2 aliphatic rings. The van der Waals surface area contributed by atoms with Crippen LogP contribution in [0.2, 0.25) is 0 Å². The lowest BCUT2D eigenvalue weighted by molar-refractivity contribution is 0.0698. The number of nitrogens with one attached hydrogen (secondary N) is 3. The average molecular weight is 483 g/mol. The van der Waals surface area contributed by atoms with Crippen LogP contribution >= 0.6 is 11.3 Å². The molecule has 1 fully saturated rings. The van der Waals surface area contributed by atoms with Gasteiger partial charge < -0.3 is 15.5 Å². The van der Waals surface area contributed by atoms with Gasteiger partial charge in [-0.15, -0.1) is 11.3 Å². The Labute approximate surface area is 207 Å². The summed E-state index contributed by atoms with van der Waals surface area (Å²) in [6.07, 6.45) is 1.53. The molecule has 4 aromatic rings. The van der Waals surface area contributed by atoms with Crippen molar-refractivity contribution in [2.45, 2.75) is 24.9 Å². The van der Waals surface area contributed by atoms with Crippen molar-refractivity contribution in [2.24, 2.45) is 4.99 Å². The van der Waals surface area contributed by atoms with Crippen LogP contribution in [0.25, 0.3) is 10.6 Å². The van der Waals surface area contributed by atoms with E-state index in [9.17, 15) is 4.79 Å². The van der Waals surface area contributed by atoms with Crippen LogP contribution in [0.1, 0.15) is 28.9 Å². The van der Waals surface area contributed by atoms with Crippen LogP contribution in [-0.2, 0) is 6.54 Å². The molecule has 2 aliphatic heterocycles. The Balaban J connectivity index is 1.20. The smallest absolute Gasteiger partial charge is 0.271 e. The van der Waals surface area contributed by atoms with Crippen LogP contribution < -0.4 is 10.6 Å². The van der Waals surface area contributed by atoms with E-state index in [-0.39, 0.29) is 11.4 Å². The monoisotopic (exact) mass is 482 g/mol. The molecule has 0 aliphatic carbocycles. The van der Waals surface area contributed by atoms with Crippen molar-refractivity contribution < 1.29 is 4.79 Å². The first-order valence-electron chi connectivity index (χ1n) is 11.8. The van der Waals surface area contributed by atoms with Gasteiger partial charge in [-0.25, -0.2) is 4.99 Å². The minimum Gasteiger partial charge on any atom is -0.371 e. The summed E-state index contributed by atoms with van der Waals surface area (Å²) >= 11 is 1.61. The van der Waals surface area contributed by atoms with Gasteiger partial charge in [0.2, 0.25) is 0 Å². The third-order valence-corrected chi connectivity index (χ3v) is 7.64. The van der Waals surface area contributed by atoms with Gasteiger partial charge in [-0.1, -0.05) is 48.5 Å². The molecule has 2 aromatic carbocycles. The number of piperidine rings is 1. The van der Waals surface area contributed by atoms with Gasteiger partial charge >= 0.3 is 0 Å². The number of carbonyl (C=O) groups excluding carboxylic acids is 1. The predicted molar refractivity (Wildman–Crippen MR) is 140 cm³/mol. The molecule has 35 heavy (non-hydrogen) atoms. The molecule has 0 atom stereocenters. The molecule has 1 saturated heterocycles. The van der Waals surface area contributed by atoms with Crippen molar-refractivity contribution in [3.63, 3.8) is 0 Å². The number of likely N-dealkylation sites (tertiary alicyclic amines) is 1. The fourth-order valence-corrected chi connectivity index (χ4v) is 5.50. The highest BCUT2D eigenvalue weighted by atomic mass is 32.1. The van der Waals surface area contributed by atoms with Crippen molar-refractivity contribution in [1.29, 1.82) is 0 Å². The van der Waals surface area contributed by atoms with Crippen molar-refractivity contribution in [3.8, 4) is 10.6 Å². The molecule has 1 amide bonds. The molecule has 0 radical (unpaired) electrons. The van der Waals surface area contributed by atoms with Crippen molar-refractivity contribution in [2.75, 3.05) is 18.4 Å². The van der Waals surface area contributed by atoms with Crippen LogP contribution in [0, 0.1) is 0 Å². The zero-order valence-corrected chi connectivity index (χ0v) is 20.0. The molecular weight excluding hydrogens is 456 g/mol. The van der Waals surface area contributed by atoms with Crippen molar-refractivity contribution in [3.05, 3.63) is 89.4 Å². The van der Waals surface area contributed by atoms with E-state index in [0.717, 1.165) is 40.6 Å². The van der Waals surface area contributed by atoms with Crippen molar-refractivity contribution >= 4 is 34.5 Å². The number of fused-ring (bicyclic) bond motifs is 1. The Morgan fingerprint density at radius 2 is 1.83 bits per heavy atom. The Morgan fingerprint density at radius 3 is 2.63 bits per heavy atom. The number of hydrogen-bond donors (Lipinski definition) is 3. The molecule has 8 heteroatoms. The number of aromatic amines is 1. The average Bonchev–Trinajstić information content (AvgIpc) is 3.61. The fourth-order valence-electron chi connectivity index (χ4n) is 4.82. The quantitative estimate of drug-likeness (QED) is 0.380. The van der Waals surface area contributed by atoms with E-state index in [1.807, 2.05) is 64.9 Å². The highest BCUT2D eigenvalue weighted by Crippen LogP contribution is 2.38. The number of amidine groups is 1. The number of hydrogen-bond acceptors (Lipinski definition) is 6. The summed E-state index contributed by atoms with van der Waals surface area (Å²) in [5.41, 5.74) is 4.18. The van der Waals surface area contributed by atoms with Crippen LogP contribution in [0.5, 0.6) is 0 Å². The van der Waals surface area contributed by atoms with E-state index in [4.69, 9.17) is 4.99 Å². The number of anilines is 1. The summed E-state index contributed by atoms with van der Waals surface area (Å²) in [4.78, 5) is 21.2. The number of thiophene rings is 1. The second-order valence-corrected chi connectivity index (χ2v) is 9.91. The summed E-state index contributed by atoms with van der Waals surface area (Å²) in [5.74, 6) is 0.927. The Kier molecular flexibility index (Phi) is 5.58. The van der Waals surface area contributed by atoms with E-state index in [1.54, 1.807) is 11.3 Å². The SMILES string of the molecule is O=C(c1cc(-c2cccs2)n[nH]1)N1CCC2(CC1)Nc1ccccc1N=C2NCc1ccccc1. The Bertz CT molecular complexity index is 1350. The predicted octanol–water partition coefficient (Wildman–Crippen LogP) is 5.06. The minimum atomic E-state index is -0.337. The summed E-state index contributed by atoms with van der Waals surface area (Å²) in [6.45, 7) is 1.97. The largest absolute Gasteiger partial charge is 0.371 e. The summed E-state index contributed by atoms with van der Waals surface area (Å²) in [6, 6.07) is 24.3. The number of H-pyrrole nitrogens is 1. The van der Waals surface area contributed by atoms with Crippen molar-refractivity contribution in [1.82, 2.24) is 20.4 Å². The van der Waals surface area contributed by atoms with Gasteiger partial charge in [0.1, 0.15) is 17.2 Å². The van der Waals surface area contributed by atoms with E-state index < -0.39 is 0 Å². The zero-order valence-electron chi connectivity index (χ0n) is 19.2. The van der Waals surface area contributed by atoms with Gasteiger partial charge in [0, 0.05) is 19.6 Å². The lowest BCUT2D eigenvalue weighted by Gasteiger charge is -2.45. The fraction of sp³-hybridized carbons (Fsp3) is 0.222. The van der Waals surface area contributed by atoms with Crippen LogP contribution in [-0.4, -0.2) is 45.5 Å². The van der Waals surface area contributed by atoms with Gasteiger partial charge in [0.15, 0.2) is 0 Å². The zero-order chi connectivity index (χ0) is 23.7. The number of nitrogens with zero attached hydrogens (tertiary/aromatic N) is 3. The van der Waals surface area contributed by atoms with E-state index >= 15 is 0 Å². The Morgan fingerprint density at radius 1 is 1.03 bits per heavy atom. The third kappa shape index (κ3) is 4.21. The Hall–Kier alpha value is -3.91. The number of aliphatic imine (C=N–C) groups is 1. The molecule has 0 saturated carbocycles. The van der Waals surface area contributed by atoms with E-state index in [0.29, 0.717) is 25.3 Å². The highest BCUT2D eigenvalue weighted by molar-refractivity contribution is 7.13. The third-order valence-electron chi connectivity index (χ3n) is 6.75. The number of benzene rings is 2. The first kappa shape index (κ1) is 21.6. The molecule has 0 unspecified atom stereocenters. The molecule has 0 bridgehead atoms. The molecular formula is C27H26N6OS. The first-order chi connectivity index (χ1) is 17.2. The first-order valence-corrected chi connectivity index (χ1v) is 12.7. The van der Waals surface area contributed by atoms with Gasteiger partial charge in [-0.3, -0.25) is 9.89 Å². The summed E-state index contributed by atoms with van der Waals surface area (Å²) in [5, 5.41) is 16.7. The van der Waals surface area contributed by atoms with Crippen LogP contribution in [0.4, 0.5) is 11.4 Å². The standard InChI is InChI=1S/C27H26N6OS/c34-25(23-17-22(31-32-23)24-11-6-16-35-24)33-14-12-27(13-15-33)26(28-18-19-7-2-1-3-8-19)29-20-9-4-5-10-21(20)30-27/h1-11,16-17,30H,12-15,18H2,(H,28,29)(H,31,32). The molecule has 2 aromatic heterocycles. The van der Waals surface area contributed by atoms with Gasteiger partial charge in [-0.05, 0) is 48.1 Å². The number of amides is 1. The lowest BCUT2D eigenvalue weighted by Crippen LogP contribution is -2.59. The van der Waals surface area contributed by atoms with E-state index in [1.165, 1.54) is 5.56 Å². The lowest BCUT2D eigenvalue weighted by atomic mass is 9.84. The number of carbonyl (C=O) groups is 1. The summed E-state index contributed by atoms with van der Waals surface area (Å²) < 4.78 is 0.